The van der Waals surface area contributed by atoms with Crippen molar-refractivity contribution in [1.29, 1.82) is 0 Å². The highest BCUT2D eigenvalue weighted by Crippen LogP contribution is 2.21. The summed E-state index contributed by atoms with van der Waals surface area (Å²) < 4.78 is 1.81. The maximum atomic E-state index is 4.65. The summed E-state index contributed by atoms with van der Waals surface area (Å²) in [5.41, 5.74) is 3.12. The number of anilines is 2. The van der Waals surface area contributed by atoms with E-state index in [1.807, 2.05) is 30.8 Å². The van der Waals surface area contributed by atoms with Crippen LogP contribution in [0.2, 0.25) is 0 Å². The van der Waals surface area contributed by atoms with Crippen LogP contribution in [0.25, 0.3) is 5.82 Å². The summed E-state index contributed by atoms with van der Waals surface area (Å²) >= 11 is 0. The van der Waals surface area contributed by atoms with Gasteiger partial charge in [0.15, 0.2) is 5.82 Å². The molecule has 0 unspecified atom stereocenters. The minimum absolute atomic E-state index is 0.652. The minimum Gasteiger partial charge on any atom is -0.365 e. The van der Waals surface area contributed by atoms with Gasteiger partial charge in [-0.25, -0.2) is 14.6 Å². The molecule has 0 amide bonds. The molecule has 7 heteroatoms. The molecule has 1 aliphatic heterocycles. The van der Waals surface area contributed by atoms with Crippen molar-refractivity contribution >= 4 is 11.6 Å². The van der Waals surface area contributed by atoms with E-state index in [-0.39, 0.29) is 0 Å². The van der Waals surface area contributed by atoms with E-state index in [0.717, 1.165) is 47.6 Å². The maximum Gasteiger partial charge on any atom is 0.174 e. The van der Waals surface area contributed by atoms with Gasteiger partial charge in [0, 0.05) is 31.5 Å². The Kier molecular flexibility index (Phi) is 5.23. The van der Waals surface area contributed by atoms with E-state index in [0.29, 0.717) is 12.4 Å². The lowest BCUT2D eigenvalue weighted by Gasteiger charge is -2.31. The van der Waals surface area contributed by atoms with Crippen molar-refractivity contribution in [3.05, 3.63) is 53.7 Å². The van der Waals surface area contributed by atoms with E-state index in [1.165, 1.54) is 12.8 Å². The fraction of sp³-hybridized carbons (Fsp3) is 0.429. The van der Waals surface area contributed by atoms with Crippen molar-refractivity contribution in [1.82, 2.24) is 24.7 Å². The molecule has 0 atom stereocenters. The molecule has 146 valence electrons. The number of aromatic nitrogens is 5. The van der Waals surface area contributed by atoms with Crippen LogP contribution in [-0.2, 0) is 6.54 Å². The van der Waals surface area contributed by atoms with Crippen LogP contribution in [-0.4, -0.2) is 37.8 Å². The van der Waals surface area contributed by atoms with E-state index >= 15 is 0 Å². The fourth-order valence-electron chi connectivity index (χ4n) is 3.54. The Morgan fingerprint density at radius 2 is 1.89 bits per heavy atom. The lowest BCUT2D eigenvalue weighted by molar-refractivity contribution is 0.436. The van der Waals surface area contributed by atoms with Crippen molar-refractivity contribution in [3.63, 3.8) is 0 Å². The van der Waals surface area contributed by atoms with Crippen LogP contribution in [0.4, 0.5) is 11.6 Å². The summed E-state index contributed by atoms with van der Waals surface area (Å²) in [5.74, 6) is 3.33. The molecule has 0 saturated carbocycles. The molecule has 7 nitrogen and oxygen atoms in total. The second kappa shape index (κ2) is 7.96. The van der Waals surface area contributed by atoms with Gasteiger partial charge >= 0.3 is 0 Å². The van der Waals surface area contributed by atoms with Crippen molar-refractivity contribution in [2.75, 3.05) is 23.3 Å². The molecule has 0 aromatic carbocycles. The van der Waals surface area contributed by atoms with Crippen LogP contribution in [0.1, 0.15) is 36.7 Å². The van der Waals surface area contributed by atoms with Gasteiger partial charge in [0.1, 0.15) is 11.6 Å². The predicted octanol–water partition coefficient (Wildman–Crippen LogP) is 3.52. The summed E-state index contributed by atoms with van der Waals surface area (Å²) in [7, 11) is 0. The van der Waals surface area contributed by atoms with Gasteiger partial charge in [-0.1, -0.05) is 13.0 Å². The van der Waals surface area contributed by atoms with Crippen molar-refractivity contribution in [2.24, 2.45) is 5.92 Å². The highest BCUT2D eigenvalue weighted by Gasteiger charge is 2.16. The molecule has 1 saturated heterocycles. The second-order valence-electron chi connectivity index (χ2n) is 7.65. The van der Waals surface area contributed by atoms with Gasteiger partial charge in [-0.15, -0.1) is 0 Å². The Bertz CT molecular complexity index is 924. The highest BCUT2D eigenvalue weighted by molar-refractivity contribution is 5.41. The molecule has 4 rings (SSSR count). The molecule has 0 aliphatic carbocycles. The monoisotopic (exact) mass is 377 g/mol. The van der Waals surface area contributed by atoms with Gasteiger partial charge in [0.2, 0.25) is 0 Å². The SMILES string of the molecule is Cc1cc(C)n(-c2cncc(NCc3ccc(N4CCC(C)CC4)nc3)n2)n1. The molecule has 3 aromatic rings. The Morgan fingerprint density at radius 3 is 2.57 bits per heavy atom. The first kappa shape index (κ1) is 18.4. The third-order valence-corrected chi connectivity index (χ3v) is 5.24. The molecule has 0 radical (unpaired) electrons. The first-order chi connectivity index (χ1) is 13.6. The first-order valence-corrected chi connectivity index (χ1v) is 9.88. The first-order valence-electron chi connectivity index (χ1n) is 9.88. The third kappa shape index (κ3) is 4.13. The topological polar surface area (TPSA) is 71.8 Å². The van der Waals surface area contributed by atoms with Gasteiger partial charge in [-0.05, 0) is 50.3 Å². The quantitative estimate of drug-likeness (QED) is 0.733. The summed E-state index contributed by atoms with van der Waals surface area (Å²) in [5, 5.41) is 7.80. The Hall–Kier alpha value is -2.96. The molecule has 28 heavy (non-hydrogen) atoms. The van der Waals surface area contributed by atoms with Gasteiger partial charge in [-0.2, -0.15) is 5.10 Å². The normalized spacial score (nSPS) is 15.0. The van der Waals surface area contributed by atoms with Crippen LogP contribution in [0.3, 0.4) is 0 Å². The summed E-state index contributed by atoms with van der Waals surface area (Å²) in [4.78, 5) is 16.0. The smallest absolute Gasteiger partial charge is 0.174 e. The van der Waals surface area contributed by atoms with Crippen molar-refractivity contribution in [3.8, 4) is 5.82 Å². The van der Waals surface area contributed by atoms with Crippen LogP contribution in [0, 0.1) is 19.8 Å². The fourth-order valence-corrected chi connectivity index (χ4v) is 3.54. The predicted molar refractivity (Wildman–Crippen MR) is 111 cm³/mol. The zero-order valence-corrected chi connectivity index (χ0v) is 16.8. The lowest BCUT2D eigenvalue weighted by atomic mass is 9.99. The van der Waals surface area contributed by atoms with E-state index in [1.54, 1.807) is 12.4 Å². The Labute approximate surface area is 165 Å². The number of nitrogens with one attached hydrogen (secondary N) is 1. The van der Waals surface area contributed by atoms with E-state index < -0.39 is 0 Å². The number of nitrogens with zero attached hydrogens (tertiary/aromatic N) is 6. The zero-order chi connectivity index (χ0) is 19.5. The van der Waals surface area contributed by atoms with Crippen molar-refractivity contribution < 1.29 is 0 Å². The summed E-state index contributed by atoms with van der Waals surface area (Å²) in [6.45, 7) is 9.16. The number of rotatable bonds is 5. The highest BCUT2D eigenvalue weighted by atomic mass is 15.3. The van der Waals surface area contributed by atoms with Crippen LogP contribution < -0.4 is 10.2 Å². The lowest BCUT2D eigenvalue weighted by Crippen LogP contribution is -2.33. The molecule has 0 spiro atoms. The molecule has 0 bridgehead atoms. The molecule has 4 heterocycles. The molecular weight excluding hydrogens is 350 g/mol. The van der Waals surface area contributed by atoms with Gasteiger partial charge in [0.25, 0.3) is 0 Å². The van der Waals surface area contributed by atoms with E-state index in [4.69, 9.17) is 0 Å². The number of pyridine rings is 1. The largest absolute Gasteiger partial charge is 0.365 e. The van der Waals surface area contributed by atoms with E-state index in [2.05, 4.69) is 49.3 Å². The van der Waals surface area contributed by atoms with Crippen LogP contribution in [0.15, 0.2) is 36.8 Å². The molecule has 1 fully saturated rings. The molecular formula is C21H27N7. The van der Waals surface area contributed by atoms with E-state index in [9.17, 15) is 0 Å². The molecule has 1 aliphatic rings. The Balaban J connectivity index is 1.39. The number of hydrogen-bond acceptors (Lipinski definition) is 6. The van der Waals surface area contributed by atoms with Gasteiger partial charge in [-0.3, -0.25) is 4.98 Å². The molecule has 1 N–H and O–H groups in total. The van der Waals surface area contributed by atoms with Gasteiger partial charge < -0.3 is 10.2 Å². The summed E-state index contributed by atoms with van der Waals surface area (Å²) in [6.07, 6.45) is 7.88. The second-order valence-corrected chi connectivity index (χ2v) is 7.65. The average molecular weight is 377 g/mol. The van der Waals surface area contributed by atoms with Crippen molar-refractivity contribution in [2.45, 2.75) is 40.2 Å². The van der Waals surface area contributed by atoms with Crippen LogP contribution >= 0.6 is 0 Å². The minimum atomic E-state index is 0.652. The number of hydrogen-bond donors (Lipinski definition) is 1. The zero-order valence-electron chi connectivity index (χ0n) is 16.8. The summed E-state index contributed by atoms with van der Waals surface area (Å²) in [6, 6.07) is 6.27. The standard InChI is InChI=1S/C21H27N7/c1-15-6-8-27(9-7-15)20-5-4-18(12-24-20)11-23-19-13-22-14-21(25-19)28-17(3)10-16(2)26-28/h4-5,10,12-15H,6-9,11H2,1-3H3,(H,23,25). The molecule has 3 aromatic heterocycles. The number of aryl methyl sites for hydroxylation is 2. The maximum absolute atomic E-state index is 4.65. The van der Waals surface area contributed by atoms with Crippen LogP contribution in [0.5, 0.6) is 0 Å². The third-order valence-electron chi connectivity index (χ3n) is 5.24. The Morgan fingerprint density at radius 1 is 1.07 bits per heavy atom. The van der Waals surface area contributed by atoms with Gasteiger partial charge in [0.05, 0.1) is 18.1 Å². The average Bonchev–Trinajstić information content (AvgIpc) is 3.06. The number of piperidine rings is 1.